The Kier molecular flexibility index (Phi) is 2.57. The van der Waals surface area contributed by atoms with Crippen molar-refractivity contribution in [2.24, 2.45) is 17.3 Å². The lowest BCUT2D eigenvalue weighted by Crippen LogP contribution is -2.33. The Labute approximate surface area is 90.2 Å². The Hall–Kier alpha value is -0.860. The van der Waals surface area contributed by atoms with E-state index in [4.69, 9.17) is 0 Å². The zero-order valence-corrected chi connectivity index (χ0v) is 9.41. The third kappa shape index (κ3) is 1.80. The first-order chi connectivity index (χ1) is 7.03. The molecular formula is C12H18O3. The van der Waals surface area contributed by atoms with Crippen molar-refractivity contribution in [1.82, 2.24) is 0 Å². The number of ether oxygens (including phenoxy) is 1. The minimum atomic E-state index is -0.442. The molecule has 15 heavy (non-hydrogen) atoms. The Morgan fingerprint density at radius 3 is 2.27 bits per heavy atom. The van der Waals surface area contributed by atoms with Crippen LogP contribution in [0.1, 0.15) is 46.0 Å². The summed E-state index contributed by atoms with van der Waals surface area (Å²) in [6.07, 6.45) is 4.09. The van der Waals surface area contributed by atoms with Gasteiger partial charge in [0.25, 0.3) is 0 Å². The smallest absolute Gasteiger partial charge is 0.320 e. The second-order valence-corrected chi connectivity index (χ2v) is 5.30. The van der Waals surface area contributed by atoms with Crippen LogP contribution < -0.4 is 0 Å². The van der Waals surface area contributed by atoms with Crippen LogP contribution in [0, 0.1) is 17.3 Å². The Morgan fingerprint density at radius 1 is 1.27 bits per heavy atom. The first-order valence-corrected chi connectivity index (χ1v) is 5.79. The van der Waals surface area contributed by atoms with Gasteiger partial charge in [-0.05, 0) is 37.5 Å². The lowest BCUT2D eigenvalue weighted by Gasteiger charge is -2.34. The van der Waals surface area contributed by atoms with Crippen molar-refractivity contribution in [3.63, 3.8) is 0 Å². The van der Waals surface area contributed by atoms with Gasteiger partial charge < -0.3 is 4.74 Å². The van der Waals surface area contributed by atoms with Gasteiger partial charge in [-0.25, -0.2) is 0 Å². The predicted molar refractivity (Wildman–Crippen MR) is 54.9 cm³/mol. The largest absolute Gasteiger partial charge is 0.393 e. The molecular weight excluding hydrogens is 192 g/mol. The number of esters is 2. The summed E-state index contributed by atoms with van der Waals surface area (Å²) in [5, 5.41) is 0. The average molecular weight is 210 g/mol. The van der Waals surface area contributed by atoms with Gasteiger partial charge >= 0.3 is 11.9 Å². The van der Waals surface area contributed by atoms with E-state index >= 15 is 0 Å². The van der Waals surface area contributed by atoms with Crippen molar-refractivity contribution < 1.29 is 14.3 Å². The molecule has 0 aromatic heterocycles. The summed E-state index contributed by atoms with van der Waals surface area (Å²) in [5.74, 6) is 0.785. The maximum Gasteiger partial charge on any atom is 0.320 e. The minimum Gasteiger partial charge on any atom is -0.393 e. The molecule has 2 aliphatic rings. The fourth-order valence-electron chi connectivity index (χ4n) is 2.84. The number of hydrogen-bond donors (Lipinski definition) is 0. The molecule has 0 atom stereocenters. The van der Waals surface area contributed by atoms with Crippen LogP contribution in [0.25, 0.3) is 0 Å². The Balaban J connectivity index is 2.03. The van der Waals surface area contributed by atoms with E-state index < -0.39 is 5.41 Å². The van der Waals surface area contributed by atoms with E-state index in [0.717, 1.165) is 25.7 Å². The lowest BCUT2D eigenvalue weighted by molar-refractivity contribution is -0.156. The maximum atomic E-state index is 11.6. The molecule has 0 unspecified atom stereocenters. The second-order valence-electron chi connectivity index (χ2n) is 5.30. The predicted octanol–water partition coefficient (Wildman–Crippen LogP) is 2.29. The van der Waals surface area contributed by atoms with Crippen molar-refractivity contribution in [2.45, 2.75) is 46.0 Å². The van der Waals surface area contributed by atoms with E-state index in [-0.39, 0.29) is 11.9 Å². The molecule has 0 bridgehead atoms. The summed E-state index contributed by atoms with van der Waals surface area (Å²) >= 11 is 0. The van der Waals surface area contributed by atoms with E-state index in [9.17, 15) is 9.59 Å². The summed E-state index contributed by atoms with van der Waals surface area (Å²) in [6.45, 7) is 4.45. The van der Waals surface area contributed by atoms with E-state index in [1.165, 1.54) is 0 Å². The molecule has 0 aromatic carbocycles. The molecule has 0 amide bonds. The third-order valence-corrected chi connectivity index (χ3v) is 4.05. The molecule has 2 rings (SSSR count). The molecule has 3 nitrogen and oxygen atoms in total. The fraction of sp³-hybridized carbons (Fsp3) is 0.833. The van der Waals surface area contributed by atoms with Crippen molar-refractivity contribution >= 4 is 11.9 Å². The van der Waals surface area contributed by atoms with Crippen LogP contribution in [0.2, 0.25) is 0 Å². The zero-order valence-electron chi connectivity index (χ0n) is 9.41. The number of carbonyl (C=O) groups excluding carboxylic acids is 2. The van der Waals surface area contributed by atoms with Crippen LogP contribution >= 0.6 is 0 Å². The summed E-state index contributed by atoms with van der Waals surface area (Å²) in [4.78, 5) is 22.7. The molecule has 2 fully saturated rings. The number of rotatable bonds is 1. The SMILES string of the molecule is CC(C)C1CCC2(CC1)CC(=O)OC2=O. The molecule has 0 radical (unpaired) electrons. The molecule has 1 aliphatic heterocycles. The van der Waals surface area contributed by atoms with Crippen LogP contribution in [0.5, 0.6) is 0 Å². The van der Waals surface area contributed by atoms with E-state index in [1.54, 1.807) is 0 Å². The van der Waals surface area contributed by atoms with Crippen LogP contribution in [0.4, 0.5) is 0 Å². The molecule has 1 spiro atoms. The highest BCUT2D eigenvalue weighted by Gasteiger charge is 2.50. The van der Waals surface area contributed by atoms with Crippen LogP contribution in [0.15, 0.2) is 0 Å². The summed E-state index contributed by atoms with van der Waals surface area (Å²) in [6, 6.07) is 0. The van der Waals surface area contributed by atoms with Gasteiger partial charge in [-0.3, -0.25) is 9.59 Å². The van der Waals surface area contributed by atoms with Gasteiger partial charge in [-0.1, -0.05) is 13.8 Å². The van der Waals surface area contributed by atoms with Crippen LogP contribution in [0.3, 0.4) is 0 Å². The molecule has 0 N–H and O–H groups in total. The first kappa shape index (κ1) is 10.7. The van der Waals surface area contributed by atoms with Gasteiger partial charge in [0.2, 0.25) is 0 Å². The zero-order chi connectivity index (χ0) is 11.1. The van der Waals surface area contributed by atoms with E-state index in [0.29, 0.717) is 18.3 Å². The average Bonchev–Trinajstić information content (AvgIpc) is 2.42. The normalized spacial score (nSPS) is 36.3. The standard InChI is InChI=1S/C12H18O3/c1-8(2)9-3-5-12(6-4-9)7-10(13)15-11(12)14/h8-9H,3-7H2,1-2H3. The molecule has 1 saturated carbocycles. The van der Waals surface area contributed by atoms with Gasteiger partial charge in [0.15, 0.2) is 0 Å². The molecule has 3 heteroatoms. The fourth-order valence-corrected chi connectivity index (χ4v) is 2.84. The topological polar surface area (TPSA) is 43.4 Å². The van der Waals surface area contributed by atoms with E-state index in [2.05, 4.69) is 18.6 Å². The molecule has 1 saturated heterocycles. The lowest BCUT2D eigenvalue weighted by atomic mass is 9.67. The van der Waals surface area contributed by atoms with Gasteiger partial charge in [0.1, 0.15) is 0 Å². The number of hydrogen-bond acceptors (Lipinski definition) is 3. The minimum absolute atomic E-state index is 0.269. The Morgan fingerprint density at radius 2 is 1.87 bits per heavy atom. The van der Waals surface area contributed by atoms with Crippen molar-refractivity contribution in [3.05, 3.63) is 0 Å². The highest BCUT2D eigenvalue weighted by Crippen LogP contribution is 2.47. The van der Waals surface area contributed by atoms with Crippen LogP contribution in [-0.2, 0) is 14.3 Å². The third-order valence-electron chi connectivity index (χ3n) is 4.05. The van der Waals surface area contributed by atoms with Gasteiger partial charge in [0.05, 0.1) is 11.8 Å². The Bertz CT molecular complexity index is 285. The summed E-state index contributed by atoms with van der Waals surface area (Å²) in [5.41, 5.74) is -0.442. The quantitative estimate of drug-likeness (QED) is 0.492. The number of carbonyl (C=O) groups is 2. The highest BCUT2D eigenvalue weighted by atomic mass is 16.6. The van der Waals surface area contributed by atoms with Gasteiger partial charge in [0, 0.05) is 0 Å². The molecule has 0 aromatic rings. The molecule has 1 heterocycles. The molecule has 84 valence electrons. The number of cyclic esters (lactones) is 2. The molecule has 1 aliphatic carbocycles. The maximum absolute atomic E-state index is 11.6. The van der Waals surface area contributed by atoms with E-state index in [1.807, 2.05) is 0 Å². The second kappa shape index (κ2) is 3.62. The summed E-state index contributed by atoms with van der Waals surface area (Å²) in [7, 11) is 0. The van der Waals surface area contributed by atoms with Gasteiger partial charge in [-0.15, -0.1) is 0 Å². The monoisotopic (exact) mass is 210 g/mol. The first-order valence-electron chi connectivity index (χ1n) is 5.79. The van der Waals surface area contributed by atoms with Gasteiger partial charge in [-0.2, -0.15) is 0 Å². The van der Waals surface area contributed by atoms with Crippen LogP contribution in [-0.4, -0.2) is 11.9 Å². The highest BCUT2D eigenvalue weighted by molar-refractivity contribution is 5.97. The van der Waals surface area contributed by atoms with Crippen molar-refractivity contribution in [2.75, 3.05) is 0 Å². The summed E-state index contributed by atoms with van der Waals surface area (Å²) < 4.78 is 4.67. The van der Waals surface area contributed by atoms with Crippen molar-refractivity contribution in [3.8, 4) is 0 Å². The van der Waals surface area contributed by atoms with Crippen molar-refractivity contribution in [1.29, 1.82) is 0 Å².